The van der Waals surface area contributed by atoms with E-state index < -0.39 is 0 Å². The second kappa shape index (κ2) is 6.83. The molecule has 1 aliphatic heterocycles. The number of rotatable bonds is 3. The molecule has 4 nitrogen and oxygen atoms in total. The van der Waals surface area contributed by atoms with Crippen LogP contribution in [0.2, 0.25) is 10.0 Å². The first-order valence-corrected chi connectivity index (χ1v) is 8.54. The summed E-state index contributed by atoms with van der Waals surface area (Å²) in [6.07, 6.45) is 3.84. The van der Waals surface area contributed by atoms with Crippen molar-refractivity contribution in [3.63, 3.8) is 0 Å². The Bertz CT molecular complexity index is 826. The molecular formula is C16H13Cl2N3OS. The van der Waals surface area contributed by atoms with E-state index >= 15 is 0 Å². The average molecular weight is 366 g/mol. The molecule has 1 fully saturated rings. The first kappa shape index (κ1) is 16.2. The van der Waals surface area contributed by atoms with Crippen molar-refractivity contribution in [2.24, 2.45) is 4.99 Å². The van der Waals surface area contributed by atoms with Gasteiger partial charge in [-0.2, -0.15) is 0 Å². The van der Waals surface area contributed by atoms with E-state index in [0.29, 0.717) is 25.8 Å². The van der Waals surface area contributed by atoms with Gasteiger partial charge < -0.3 is 9.88 Å². The van der Waals surface area contributed by atoms with Crippen molar-refractivity contribution in [3.05, 3.63) is 57.2 Å². The van der Waals surface area contributed by atoms with E-state index in [9.17, 15) is 4.79 Å². The van der Waals surface area contributed by atoms with Gasteiger partial charge in [0.15, 0.2) is 5.17 Å². The quantitative estimate of drug-likeness (QED) is 0.800. The molecule has 1 aromatic heterocycles. The van der Waals surface area contributed by atoms with Gasteiger partial charge >= 0.3 is 0 Å². The molecule has 2 aromatic rings. The molecule has 0 bridgehead atoms. The lowest BCUT2D eigenvalue weighted by Gasteiger charge is -2.01. The summed E-state index contributed by atoms with van der Waals surface area (Å²) in [5.41, 5.74) is 1.63. The summed E-state index contributed by atoms with van der Waals surface area (Å²) >= 11 is 13.2. The lowest BCUT2D eigenvalue weighted by molar-refractivity contribution is -0.115. The topological polar surface area (TPSA) is 46.4 Å². The van der Waals surface area contributed by atoms with Gasteiger partial charge in [-0.1, -0.05) is 23.2 Å². The number of nitrogens with one attached hydrogen (secondary N) is 1. The molecule has 1 aromatic carbocycles. The van der Waals surface area contributed by atoms with Crippen LogP contribution >= 0.6 is 35.0 Å². The number of hydrogen-bond acceptors (Lipinski definition) is 3. The Morgan fingerprint density at radius 2 is 2.13 bits per heavy atom. The summed E-state index contributed by atoms with van der Waals surface area (Å²) in [5.74, 6) is -0.155. The fourth-order valence-electron chi connectivity index (χ4n) is 2.13. The fourth-order valence-corrected chi connectivity index (χ4v) is 3.25. The molecular weight excluding hydrogens is 353 g/mol. The van der Waals surface area contributed by atoms with Gasteiger partial charge in [0.05, 0.1) is 20.6 Å². The Balaban J connectivity index is 1.84. The molecule has 0 unspecified atom stereocenters. The highest BCUT2D eigenvalue weighted by Crippen LogP contribution is 2.30. The van der Waals surface area contributed by atoms with Crippen molar-refractivity contribution < 1.29 is 4.79 Å². The molecule has 1 aliphatic rings. The number of thioether (sulfide) groups is 1. The van der Waals surface area contributed by atoms with Crippen LogP contribution in [0.1, 0.15) is 12.6 Å². The highest BCUT2D eigenvalue weighted by molar-refractivity contribution is 8.18. The van der Waals surface area contributed by atoms with E-state index in [1.807, 2.05) is 24.4 Å². The third-order valence-corrected chi connectivity index (χ3v) is 4.92. The first-order chi connectivity index (χ1) is 11.1. The average Bonchev–Trinajstić information content (AvgIpc) is 3.10. The zero-order valence-electron chi connectivity index (χ0n) is 12.2. The number of hydrogen-bond donors (Lipinski definition) is 1. The van der Waals surface area contributed by atoms with Crippen LogP contribution in [0.3, 0.4) is 0 Å². The van der Waals surface area contributed by atoms with Gasteiger partial charge in [0, 0.05) is 18.4 Å². The highest BCUT2D eigenvalue weighted by atomic mass is 35.5. The first-order valence-electron chi connectivity index (χ1n) is 6.96. The maximum atomic E-state index is 12.1. The van der Waals surface area contributed by atoms with Crippen LogP contribution in [-0.4, -0.2) is 15.6 Å². The molecule has 0 radical (unpaired) electrons. The maximum Gasteiger partial charge on any atom is 0.264 e. The summed E-state index contributed by atoms with van der Waals surface area (Å²) in [7, 11) is 0. The maximum absolute atomic E-state index is 12.1. The molecule has 2 heterocycles. The molecule has 0 spiro atoms. The Labute approximate surface area is 148 Å². The zero-order valence-corrected chi connectivity index (χ0v) is 14.5. The molecule has 0 saturated carbocycles. The summed E-state index contributed by atoms with van der Waals surface area (Å²) < 4.78 is 2.06. The summed E-state index contributed by atoms with van der Waals surface area (Å²) in [4.78, 5) is 17.1. The van der Waals surface area contributed by atoms with Crippen LogP contribution < -0.4 is 5.32 Å². The Morgan fingerprint density at radius 3 is 2.87 bits per heavy atom. The van der Waals surface area contributed by atoms with Crippen LogP contribution in [0, 0.1) is 0 Å². The number of carbonyl (C=O) groups excluding carboxylic acids is 1. The molecule has 3 rings (SSSR count). The largest absolute Gasteiger partial charge is 0.348 e. The number of halogens is 2. The van der Waals surface area contributed by atoms with E-state index in [0.717, 1.165) is 12.2 Å². The summed E-state index contributed by atoms with van der Waals surface area (Å²) in [6, 6.07) is 9.01. The highest BCUT2D eigenvalue weighted by Gasteiger charge is 2.24. The van der Waals surface area contributed by atoms with E-state index in [2.05, 4.69) is 21.8 Å². The molecule has 1 amide bonds. The number of amidine groups is 1. The standard InChI is InChI=1S/C16H13Cl2N3OS/c1-2-21-7-3-4-11(21)9-14-15(22)20-16(23-14)19-10-5-6-12(17)13(18)8-10/h3-9H,2H2,1H3,(H,19,20,22)/b14-9-. The SMILES string of the molecule is CCn1cccc1/C=C1\SC(=Nc2ccc(Cl)c(Cl)c2)NC1=O. The third-order valence-electron chi connectivity index (χ3n) is 3.27. The van der Waals surface area contributed by atoms with Gasteiger partial charge in [-0.3, -0.25) is 4.79 Å². The predicted octanol–water partition coefficient (Wildman–Crippen LogP) is 4.71. The van der Waals surface area contributed by atoms with E-state index in [4.69, 9.17) is 23.2 Å². The van der Waals surface area contributed by atoms with Gasteiger partial charge in [0.1, 0.15) is 0 Å². The van der Waals surface area contributed by atoms with Crippen LogP contribution in [0.25, 0.3) is 6.08 Å². The van der Waals surface area contributed by atoms with Crippen molar-refractivity contribution in [1.82, 2.24) is 9.88 Å². The van der Waals surface area contributed by atoms with E-state index in [1.165, 1.54) is 11.8 Å². The Kier molecular flexibility index (Phi) is 4.80. The van der Waals surface area contributed by atoms with Gasteiger partial charge in [-0.25, -0.2) is 4.99 Å². The van der Waals surface area contributed by atoms with Crippen LogP contribution in [0.4, 0.5) is 5.69 Å². The van der Waals surface area contributed by atoms with Crippen molar-refractivity contribution in [1.29, 1.82) is 0 Å². The third kappa shape index (κ3) is 3.63. The molecule has 7 heteroatoms. The summed E-state index contributed by atoms with van der Waals surface area (Å²) in [5, 5.41) is 4.18. The van der Waals surface area contributed by atoms with Crippen LogP contribution in [0.15, 0.2) is 46.4 Å². The number of amides is 1. The van der Waals surface area contributed by atoms with Gasteiger partial charge in [-0.15, -0.1) is 0 Å². The van der Waals surface area contributed by atoms with Crippen molar-refractivity contribution in [2.75, 3.05) is 0 Å². The molecule has 1 N–H and O–H groups in total. The minimum atomic E-state index is -0.155. The predicted molar refractivity (Wildman–Crippen MR) is 97.4 cm³/mol. The van der Waals surface area contributed by atoms with Crippen LogP contribution in [-0.2, 0) is 11.3 Å². The van der Waals surface area contributed by atoms with Gasteiger partial charge in [0.25, 0.3) is 5.91 Å². The second-order valence-electron chi connectivity index (χ2n) is 4.80. The molecule has 0 atom stereocenters. The number of nitrogens with zero attached hydrogens (tertiary/aromatic N) is 2. The molecule has 118 valence electrons. The Hall–Kier alpha value is -1.69. The minimum absolute atomic E-state index is 0.155. The smallest absolute Gasteiger partial charge is 0.264 e. The lowest BCUT2D eigenvalue weighted by atomic mass is 10.3. The summed E-state index contributed by atoms with van der Waals surface area (Å²) in [6.45, 7) is 2.91. The number of benzene rings is 1. The number of carbonyl (C=O) groups is 1. The lowest BCUT2D eigenvalue weighted by Crippen LogP contribution is -2.19. The molecule has 0 aliphatic carbocycles. The number of aliphatic imine (C=N–C) groups is 1. The number of aryl methyl sites for hydroxylation is 1. The van der Waals surface area contributed by atoms with Crippen LogP contribution in [0.5, 0.6) is 0 Å². The number of aromatic nitrogens is 1. The molecule has 23 heavy (non-hydrogen) atoms. The van der Waals surface area contributed by atoms with Crippen molar-refractivity contribution in [2.45, 2.75) is 13.5 Å². The molecule has 1 saturated heterocycles. The van der Waals surface area contributed by atoms with Crippen molar-refractivity contribution >= 4 is 57.8 Å². The van der Waals surface area contributed by atoms with Gasteiger partial charge in [-0.05, 0) is 55.1 Å². The fraction of sp³-hybridized carbons (Fsp3) is 0.125. The van der Waals surface area contributed by atoms with E-state index in [1.54, 1.807) is 18.2 Å². The zero-order chi connectivity index (χ0) is 16.4. The monoisotopic (exact) mass is 365 g/mol. The van der Waals surface area contributed by atoms with Gasteiger partial charge in [0.2, 0.25) is 0 Å². The Morgan fingerprint density at radius 1 is 1.30 bits per heavy atom. The minimum Gasteiger partial charge on any atom is -0.348 e. The van der Waals surface area contributed by atoms with Crippen molar-refractivity contribution in [3.8, 4) is 0 Å². The second-order valence-corrected chi connectivity index (χ2v) is 6.64. The van der Waals surface area contributed by atoms with E-state index in [-0.39, 0.29) is 5.91 Å². The normalized spacial score (nSPS) is 18.0.